The van der Waals surface area contributed by atoms with Crippen molar-refractivity contribution < 1.29 is 9.90 Å². The van der Waals surface area contributed by atoms with Crippen LogP contribution in [0.5, 0.6) is 0 Å². The predicted molar refractivity (Wildman–Crippen MR) is 57.0 cm³/mol. The highest BCUT2D eigenvalue weighted by Crippen LogP contribution is 2.66. The average Bonchev–Trinajstić information content (AvgIpc) is 2.54. The van der Waals surface area contributed by atoms with E-state index in [2.05, 4.69) is 0 Å². The molecule has 2 nitrogen and oxygen atoms in total. The van der Waals surface area contributed by atoms with Crippen LogP contribution in [0.2, 0.25) is 0 Å². The fraction of sp³-hybridized carbons (Fsp3) is 0.889. The molecule has 2 fully saturated rings. The molecule has 1 saturated heterocycles. The lowest BCUT2D eigenvalue weighted by Gasteiger charge is -2.04. The van der Waals surface area contributed by atoms with Crippen LogP contribution in [0.1, 0.15) is 32.1 Å². The third kappa shape index (κ3) is 2.15. The van der Waals surface area contributed by atoms with Crippen LogP contribution in [0.15, 0.2) is 0 Å². The van der Waals surface area contributed by atoms with Crippen LogP contribution < -0.4 is 0 Å². The molecule has 0 aromatic carbocycles. The van der Waals surface area contributed by atoms with Crippen LogP contribution in [0.3, 0.4) is 0 Å². The summed E-state index contributed by atoms with van der Waals surface area (Å²) in [6, 6.07) is 0. The zero-order valence-electron chi connectivity index (χ0n) is 7.49. The molecule has 0 radical (unpaired) electrons. The summed E-state index contributed by atoms with van der Waals surface area (Å²) in [6.07, 6.45) is 5.03. The molecule has 74 valence electrons. The number of carboxylic acids is 1. The van der Waals surface area contributed by atoms with Crippen molar-refractivity contribution in [3.63, 3.8) is 0 Å². The Morgan fingerprint density at radius 1 is 1.62 bits per heavy atom. The molecule has 0 aromatic rings. The maximum Gasteiger partial charge on any atom is 0.303 e. The van der Waals surface area contributed by atoms with Crippen LogP contribution in [0, 0.1) is 5.92 Å². The Morgan fingerprint density at radius 2 is 2.46 bits per heavy atom. The van der Waals surface area contributed by atoms with E-state index in [1.54, 1.807) is 0 Å². The molecule has 1 aliphatic carbocycles. The van der Waals surface area contributed by atoms with E-state index in [9.17, 15) is 4.79 Å². The van der Waals surface area contributed by atoms with Crippen molar-refractivity contribution in [2.24, 2.45) is 5.92 Å². The second-order valence-corrected chi connectivity index (χ2v) is 6.74. The first-order valence-corrected chi connectivity index (χ1v) is 7.07. The zero-order valence-corrected chi connectivity index (χ0v) is 9.12. The van der Waals surface area contributed by atoms with Gasteiger partial charge in [0.25, 0.3) is 0 Å². The molecule has 1 N–H and O–H groups in total. The van der Waals surface area contributed by atoms with Crippen molar-refractivity contribution in [1.82, 2.24) is 0 Å². The largest absolute Gasteiger partial charge is 0.481 e. The second-order valence-electron chi connectivity index (χ2n) is 3.91. The fourth-order valence-electron chi connectivity index (χ4n) is 2.05. The summed E-state index contributed by atoms with van der Waals surface area (Å²) in [4.78, 5) is 10.3. The first-order chi connectivity index (χ1) is 6.23. The van der Waals surface area contributed by atoms with Crippen LogP contribution >= 0.6 is 21.6 Å². The topological polar surface area (TPSA) is 37.3 Å². The molecule has 2 rings (SSSR count). The van der Waals surface area contributed by atoms with Crippen molar-refractivity contribution in [1.29, 1.82) is 0 Å². The molecule has 0 amide bonds. The van der Waals surface area contributed by atoms with E-state index in [1.807, 2.05) is 21.6 Å². The summed E-state index contributed by atoms with van der Waals surface area (Å²) in [6.45, 7) is 0. The lowest BCUT2D eigenvalue weighted by molar-refractivity contribution is -0.137. The Balaban J connectivity index is 1.66. The average molecular weight is 218 g/mol. The van der Waals surface area contributed by atoms with Gasteiger partial charge in [-0.05, 0) is 31.6 Å². The number of carboxylic acid groups (broad SMARTS) is 1. The van der Waals surface area contributed by atoms with Crippen molar-refractivity contribution in [3.8, 4) is 0 Å². The van der Waals surface area contributed by atoms with Gasteiger partial charge in [0, 0.05) is 16.9 Å². The van der Waals surface area contributed by atoms with E-state index in [1.165, 1.54) is 18.6 Å². The van der Waals surface area contributed by atoms with Gasteiger partial charge in [-0.3, -0.25) is 4.79 Å². The van der Waals surface area contributed by atoms with Gasteiger partial charge in [0.15, 0.2) is 0 Å². The molecule has 0 unspecified atom stereocenters. The van der Waals surface area contributed by atoms with E-state index >= 15 is 0 Å². The second kappa shape index (κ2) is 3.73. The normalized spacial score (nSPS) is 36.8. The molecular formula is C9H14O2S2. The first kappa shape index (κ1) is 9.71. The SMILES string of the molecule is O=C(O)CCC[C@@H]1C[C@@]12CCSS2. The highest BCUT2D eigenvalue weighted by atomic mass is 33.1. The van der Waals surface area contributed by atoms with Gasteiger partial charge in [0.1, 0.15) is 0 Å². The van der Waals surface area contributed by atoms with Gasteiger partial charge in [-0.2, -0.15) is 0 Å². The van der Waals surface area contributed by atoms with Crippen LogP contribution in [0.25, 0.3) is 0 Å². The molecule has 0 bridgehead atoms. The molecule has 2 aliphatic rings. The Hall–Kier alpha value is 0.170. The van der Waals surface area contributed by atoms with Gasteiger partial charge in [0.05, 0.1) is 0 Å². The van der Waals surface area contributed by atoms with Crippen molar-refractivity contribution in [2.45, 2.75) is 36.9 Å². The van der Waals surface area contributed by atoms with Crippen molar-refractivity contribution >= 4 is 27.6 Å². The Labute approximate surface area is 86.2 Å². The smallest absolute Gasteiger partial charge is 0.303 e. The van der Waals surface area contributed by atoms with Crippen LogP contribution in [-0.4, -0.2) is 21.6 Å². The Morgan fingerprint density at radius 3 is 3.08 bits per heavy atom. The lowest BCUT2D eigenvalue weighted by Crippen LogP contribution is -2.02. The minimum atomic E-state index is -0.650. The van der Waals surface area contributed by atoms with E-state index < -0.39 is 5.97 Å². The third-order valence-corrected chi connectivity index (χ3v) is 6.33. The maximum atomic E-state index is 10.3. The number of hydrogen-bond acceptors (Lipinski definition) is 3. The monoisotopic (exact) mass is 218 g/mol. The van der Waals surface area contributed by atoms with E-state index in [4.69, 9.17) is 5.11 Å². The number of rotatable bonds is 4. The number of hydrogen-bond donors (Lipinski definition) is 1. The summed E-state index contributed by atoms with van der Waals surface area (Å²) in [5.41, 5.74) is 0. The van der Waals surface area contributed by atoms with Gasteiger partial charge in [-0.25, -0.2) is 0 Å². The molecule has 1 heterocycles. The Bertz CT molecular complexity index is 212. The standard InChI is InChI=1S/C9H14O2S2/c10-8(11)3-1-2-7-6-9(7)4-5-12-13-9/h7H,1-6H2,(H,10,11)/t7-,9+/m1/s1. The van der Waals surface area contributed by atoms with Gasteiger partial charge in [-0.15, -0.1) is 0 Å². The zero-order chi connectivity index (χ0) is 9.31. The molecule has 0 aromatic heterocycles. The lowest BCUT2D eigenvalue weighted by atomic mass is 10.1. The summed E-state index contributed by atoms with van der Waals surface area (Å²) in [5, 5.41) is 8.49. The molecule has 1 saturated carbocycles. The molecular weight excluding hydrogens is 204 g/mol. The first-order valence-electron chi connectivity index (χ1n) is 4.75. The summed E-state index contributed by atoms with van der Waals surface area (Å²) < 4.78 is 0.586. The molecule has 13 heavy (non-hydrogen) atoms. The van der Waals surface area contributed by atoms with Crippen molar-refractivity contribution in [3.05, 3.63) is 0 Å². The van der Waals surface area contributed by atoms with Gasteiger partial charge < -0.3 is 5.11 Å². The minimum Gasteiger partial charge on any atom is -0.481 e. The molecule has 2 atom stereocenters. The van der Waals surface area contributed by atoms with Gasteiger partial charge >= 0.3 is 5.97 Å². The van der Waals surface area contributed by atoms with Gasteiger partial charge in [0.2, 0.25) is 0 Å². The molecule has 1 aliphatic heterocycles. The number of carbonyl (C=O) groups is 1. The Kier molecular flexibility index (Phi) is 2.79. The highest BCUT2D eigenvalue weighted by molar-refractivity contribution is 8.77. The van der Waals surface area contributed by atoms with Crippen LogP contribution in [-0.2, 0) is 4.79 Å². The van der Waals surface area contributed by atoms with E-state index in [0.717, 1.165) is 18.8 Å². The number of aliphatic carboxylic acids is 1. The van der Waals surface area contributed by atoms with Crippen LogP contribution in [0.4, 0.5) is 0 Å². The fourth-order valence-corrected chi connectivity index (χ4v) is 5.72. The summed E-state index contributed by atoms with van der Waals surface area (Å²) in [7, 11) is 4.03. The summed E-state index contributed by atoms with van der Waals surface area (Å²) in [5.74, 6) is 1.47. The minimum absolute atomic E-state index is 0.352. The molecule has 1 spiro atoms. The maximum absolute atomic E-state index is 10.3. The van der Waals surface area contributed by atoms with E-state index in [0.29, 0.717) is 11.2 Å². The quantitative estimate of drug-likeness (QED) is 0.736. The van der Waals surface area contributed by atoms with E-state index in [-0.39, 0.29) is 0 Å². The molecule has 4 heteroatoms. The highest BCUT2D eigenvalue weighted by Gasteiger charge is 2.55. The third-order valence-electron chi connectivity index (χ3n) is 2.95. The van der Waals surface area contributed by atoms with Gasteiger partial charge in [-0.1, -0.05) is 21.6 Å². The predicted octanol–water partition coefficient (Wildman–Crippen LogP) is 2.79. The van der Waals surface area contributed by atoms with Crippen molar-refractivity contribution in [2.75, 3.05) is 5.75 Å². The summed E-state index contributed by atoms with van der Waals surface area (Å²) >= 11 is 0.